The molecule has 2 aromatic heterocycles. The Kier molecular flexibility index (Phi) is 3.95. The smallest absolute Gasteiger partial charge is 0.273 e. The van der Waals surface area contributed by atoms with Crippen LogP contribution in [0.25, 0.3) is 0 Å². The van der Waals surface area contributed by atoms with Crippen molar-refractivity contribution in [2.75, 3.05) is 6.54 Å². The van der Waals surface area contributed by atoms with Gasteiger partial charge >= 0.3 is 0 Å². The standard InChI is InChI=1S/C11H11NO4S2/c13-7-10-1-2-11(16-10)18(14,15)12-5-3-9-4-6-17-8-9/h1-2,4,6-8,12H,3,5H2. The number of carbonyl (C=O) groups excluding carboxylic acids is 1. The molecule has 0 saturated heterocycles. The van der Waals surface area contributed by atoms with Gasteiger partial charge in [-0.3, -0.25) is 4.79 Å². The molecule has 0 saturated carbocycles. The normalized spacial score (nSPS) is 11.6. The van der Waals surface area contributed by atoms with E-state index in [1.54, 1.807) is 11.3 Å². The molecule has 1 N–H and O–H groups in total. The highest BCUT2D eigenvalue weighted by molar-refractivity contribution is 7.89. The molecule has 0 aliphatic carbocycles. The number of aldehydes is 1. The second-order valence-electron chi connectivity index (χ2n) is 3.55. The first kappa shape index (κ1) is 13.0. The van der Waals surface area contributed by atoms with Gasteiger partial charge in [0.25, 0.3) is 10.0 Å². The molecule has 5 nitrogen and oxygen atoms in total. The summed E-state index contributed by atoms with van der Waals surface area (Å²) in [7, 11) is -3.67. The van der Waals surface area contributed by atoms with E-state index >= 15 is 0 Å². The number of thiophene rings is 1. The van der Waals surface area contributed by atoms with E-state index in [2.05, 4.69) is 4.72 Å². The van der Waals surface area contributed by atoms with Crippen LogP contribution in [0.3, 0.4) is 0 Å². The molecular formula is C11H11NO4S2. The molecule has 96 valence electrons. The third kappa shape index (κ3) is 3.06. The molecule has 0 fully saturated rings. The summed E-state index contributed by atoms with van der Waals surface area (Å²) in [5.41, 5.74) is 1.08. The lowest BCUT2D eigenvalue weighted by Crippen LogP contribution is -2.25. The van der Waals surface area contributed by atoms with Gasteiger partial charge in [0.2, 0.25) is 5.09 Å². The number of nitrogens with one attached hydrogen (secondary N) is 1. The zero-order valence-corrected chi connectivity index (χ0v) is 11.0. The van der Waals surface area contributed by atoms with Crippen molar-refractivity contribution in [3.05, 3.63) is 40.3 Å². The Hall–Kier alpha value is -1.44. The number of sulfonamides is 1. The highest BCUT2D eigenvalue weighted by Crippen LogP contribution is 2.12. The summed E-state index contributed by atoms with van der Waals surface area (Å²) in [5.74, 6) is -0.00629. The van der Waals surface area contributed by atoms with Gasteiger partial charge in [-0.05, 0) is 40.9 Å². The maximum absolute atomic E-state index is 11.8. The topological polar surface area (TPSA) is 76.4 Å². The van der Waals surface area contributed by atoms with Crippen molar-refractivity contribution in [1.29, 1.82) is 0 Å². The first-order valence-corrected chi connectivity index (χ1v) is 7.60. The van der Waals surface area contributed by atoms with Gasteiger partial charge in [0.1, 0.15) is 0 Å². The predicted molar refractivity (Wildman–Crippen MR) is 67.3 cm³/mol. The quantitative estimate of drug-likeness (QED) is 0.819. The molecule has 0 aliphatic heterocycles. The fourth-order valence-electron chi connectivity index (χ4n) is 1.38. The van der Waals surface area contributed by atoms with Crippen molar-refractivity contribution in [2.45, 2.75) is 11.5 Å². The van der Waals surface area contributed by atoms with E-state index in [1.165, 1.54) is 12.1 Å². The molecule has 0 radical (unpaired) electrons. The van der Waals surface area contributed by atoms with Crippen LogP contribution in [0, 0.1) is 0 Å². The minimum Gasteiger partial charge on any atom is -0.440 e. The molecule has 2 aromatic rings. The van der Waals surface area contributed by atoms with Crippen LogP contribution in [-0.2, 0) is 16.4 Å². The van der Waals surface area contributed by atoms with Crippen molar-refractivity contribution in [3.8, 4) is 0 Å². The summed E-state index contributed by atoms with van der Waals surface area (Å²) in [6, 6.07) is 4.52. The summed E-state index contributed by atoms with van der Waals surface area (Å²) >= 11 is 1.57. The third-order valence-corrected chi connectivity index (χ3v) is 4.33. The number of hydrogen-bond donors (Lipinski definition) is 1. The van der Waals surface area contributed by atoms with Crippen LogP contribution in [0.15, 0.2) is 38.5 Å². The zero-order chi connectivity index (χ0) is 13.0. The highest BCUT2D eigenvalue weighted by Gasteiger charge is 2.17. The first-order chi connectivity index (χ1) is 8.62. The van der Waals surface area contributed by atoms with E-state index < -0.39 is 10.0 Å². The molecule has 0 atom stereocenters. The molecule has 0 unspecified atom stereocenters. The minimum atomic E-state index is -3.67. The van der Waals surface area contributed by atoms with Crippen molar-refractivity contribution < 1.29 is 17.6 Å². The molecule has 7 heteroatoms. The summed E-state index contributed by atoms with van der Waals surface area (Å²) in [5, 5.41) is 3.66. The van der Waals surface area contributed by atoms with Gasteiger partial charge in [0, 0.05) is 6.54 Å². The molecule has 18 heavy (non-hydrogen) atoms. The lowest BCUT2D eigenvalue weighted by molar-refractivity contribution is 0.109. The number of carbonyl (C=O) groups is 1. The van der Waals surface area contributed by atoms with Crippen molar-refractivity contribution >= 4 is 27.6 Å². The van der Waals surface area contributed by atoms with E-state index in [9.17, 15) is 13.2 Å². The monoisotopic (exact) mass is 285 g/mol. The first-order valence-electron chi connectivity index (χ1n) is 5.17. The average Bonchev–Trinajstić information content (AvgIpc) is 2.99. The van der Waals surface area contributed by atoms with Crippen LogP contribution in [0.1, 0.15) is 16.1 Å². The Morgan fingerprint density at radius 2 is 2.17 bits per heavy atom. The van der Waals surface area contributed by atoms with Crippen molar-refractivity contribution in [1.82, 2.24) is 4.72 Å². The van der Waals surface area contributed by atoms with Gasteiger partial charge in [-0.25, -0.2) is 13.1 Å². The van der Waals surface area contributed by atoms with E-state index in [0.717, 1.165) is 5.56 Å². The Labute approximate surface area is 108 Å². The summed E-state index contributed by atoms with van der Waals surface area (Å²) < 4.78 is 30.8. The van der Waals surface area contributed by atoms with Crippen molar-refractivity contribution in [2.24, 2.45) is 0 Å². The van der Waals surface area contributed by atoms with E-state index in [4.69, 9.17) is 4.42 Å². The summed E-state index contributed by atoms with van der Waals surface area (Å²) in [6.45, 7) is 0.288. The van der Waals surface area contributed by atoms with Gasteiger partial charge in [-0.1, -0.05) is 0 Å². The second kappa shape index (κ2) is 5.47. The molecule has 0 bridgehead atoms. The number of hydrogen-bond acceptors (Lipinski definition) is 5. The molecule has 0 aliphatic rings. The fourth-order valence-corrected chi connectivity index (χ4v) is 3.05. The summed E-state index contributed by atoms with van der Waals surface area (Å²) in [4.78, 5) is 10.4. The lowest BCUT2D eigenvalue weighted by atomic mass is 10.2. The second-order valence-corrected chi connectivity index (χ2v) is 6.03. The molecule has 2 heterocycles. The molecule has 2 rings (SSSR count). The fraction of sp³-hybridized carbons (Fsp3) is 0.182. The maximum atomic E-state index is 11.8. The van der Waals surface area contributed by atoms with Crippen LogP contribution in [-0.4, -0.2) is 21.2 Å². The van der Waals surface area contributed by atoms with Gasteiger partial charge < -0.3 is 4.42 Å². The van der Waals surface area contributed by atoms with Gasteiger partial charge in [0.05, 0.1) is 0 Å². The van der Waals surface area contributed by atoms with E-state index in [-0.39, 0.29) is 17.4 Å². The predicted octanol–water partition coefficient (Wildman–Crippen LogP) is 1.67. The zero-order valence-electron chi connectivity index (χ0n) is 9.33. The SMILES string of the molecule is O=Cc1ccc(S(=O)(=O)NCCc2ccsc2)o1. The van der Waals surface area contributed by atoms with Crippen LogP contribution in [0.2, 0.25) is 0 Å². The van der Waals surface area contributed by atoms with Gasteiger partial charge in [-0.15, -0.1) is 0 Å². The Balaban J connectivity index is 1.97. The van der Waals surface area contributed by atoms with Crippen molar-refractivity contribution in [3.63, 3.8) is 0 Å². The van der Waals surface area contributed by atoms with Crippen LogP contribution >= 0.6 is 11.3 Å². The van der Waals surface area contributed by atoms with E-state index in [1.807, 2.05) is 16.8 Å². The van der Waals surface area contributed by atoms with Gasteiger partial charge in [-0.2, -0.15) is 11.3 Å². The van der Waals surface area contributed by atoms with Crippen LogP contribution in [0.4, 0.5) is 0 Å². The molecule has 0 aromatic carbocycles. The summed E-state index contributed by atoms with van der Waals surface area (Å²) in [6.07, 6.45) is 1.08. The maximum Gasteiger partial charge on any atom is 0.273 e. The average molecular weight is 285 g/mol. The number of furan rings is 1. The minimum absolute atomic E-state index is 0.00629. The van der Waals surface area contributed by atoms with Crippen LogP contribution in [0.5, 0.6) is 0 Å². The molecular weight excluding hydrogens is 274 g/mol. The van der Waals surface area contributed by atoms with Gasteiger partial charge in [0.15, 0.2) is 12.0 Å². The Morgan fingerprint density at radius 3 is 2.78 bits per heavy atom. The highest BCUT2D eigenvalue weighted by atomic mass is 32.2. The molecule has 0 amide bonds. The largest absolute Gasteiger partial charge is 0.440 e. The van der Waals surface area contributed by atoms with Crippen LogP contribution < -0.4 is 4.72 Å². The van der Waals surface area contributed by atoms with E-state index in [0.29, 0.717) is 12.7 Å². The lowest BCUT2D eigenvalue weighted by Gasteiger charge is -2.02. The molecule has 0 spiro atoms. The Bertz CT molecular complexity index is 613. The Morgan fingerprint density at radius 1 is 1.33 bits per heavy atom. The number of rotatable bonds is 6. The third-order valence-electron chi connectivity index (χ3n) is 2.27.